The number of hydrogen-bond acceptors (Lipinski definition) is 3. The number of nitrogens with zero attached hydrogens (tertiary/aromatic N) is 1. The predicted molar refractivity (Wildman–Crippen MR) is 84.3 cm³/mol. The summed E-state index contributed by atoms with van der Waals surface area (Å²) >= 11 is 0. The molecule has 0 spiro atoms. The van der Waals surface area contributed by atoms with Gasteiger partial charge in [0.25, 0.3) is 0 Å². The van der Waals surface area contributed by atoms with E-state index in [0.29, 0.717) is 26.2 Å². The van der Waals surface area contributed by atoms with Gasteiger partial charge in [0.1, 0.15) is 11.6 Å². The van der Waals surface area contributed by atoms with Crippen LogP contribution >= 0.6 is 0 Å². The van der Waals surface area contributed by atoms with Gasteiger partial charge >= 0.3 is 0 Å². The molecule has 2 heterocycles. The molecule has 2 saturated heterocycles. The van der Waals surface area contributed by atoms with Gasteiger partial charge < -0.3 is 14.7 Å². The predicted octanol–water partition coefficient (Wildman–Crippen LogP) is 2.29. The normalized spacial score (nSPS) is 27.5. The zero-order valence-corrected chi connectivity index (χ0v) is 13.6. The van der Waals surface area contributed by atoms with E-state index in [4.69, 9.17) is 4.74 Å². The molecule has 1 aromatic carbocycles. The van der Waals surface area contributed by atoms with Gasteiger partial charge in [-0.2, -0.15) is 0 Å². The Kier molecular flexibility index (Phi) is 5.46. The lowest BCUT2D eigenvalue weighted by atomic mass is 9.89. The number of hydrogen-bond donors (Lipinski definition) is 1. The smallest absolute Gasteiger partial charge is 0.223 e. The lowest BCUT2D eigenvalue weighted by Gasteiger charge is -2.37. The Labute approximate surface area is 140 Å². The van der Waals surface area contributed by atoms with E-state index in [1.165, 1.54) is 0 Å². The number of amides is 1. The molecule has 0 unspecified atom stereocenters. The van der Waals surface area contributed by atoms with Crippen molar-refractivity contribution in [1.82, 2.24) is 4.90 Å². The first kappa shape index (κ1) is 17.3. The van der Waals surface area contributed by atoms with E-state index in [9.17, 15) is 18.7 Å². The molecule has 1 aromatic rings. The maximum absolute atomic E-state index is 13.7. The molecule has 2 aliphatic rings. The molecule has 4 nitrogen and oxygen atoms in total. The molecular formula is C18H23F2NO3. The van der Waals surface area contributed by atoms with Crippen molar-refractivity contribution >= 4 is 5.91 Å². The summed E-state index contributed by atoms with van der Waals surface area (Å²) in [6.07, 6.45) is 2.21. The minimum atomic E-state index is -0.500. The fraction of sp³-hybridized carbons (Fsp3) is 0.611. The van der Waals surface area contributed by atoms with Gasteiger partial charge in [0.05, 0.1) is 12.7 Å². The topological polar surface area (TPSA) is 49.8 Å². The van der Waals surface area contributed by atoms with E-state index >= 15 is 0 Å². The van der Waals surface area contributed by atoms with Gasteiger partial charge in [-0.3, -0.25) is 4.79 Å². The molecule has 0 bridgehead atoms. The number of halogens is 2. The van der Waals surface area contributed by atoms with Crippen LogP contribution in [-0.2, 0) is 16.0 Å². The van der Waals surface area contributed by atoms with Gasteiger partial charge in [-0.1, -0.05) is 0 Å². The third-order valence-corrected chi connectivity index (χ3v) is 5.09. The zero-order valence-electron chi connectivity index (χ0n) is 13.6. The first-order chi connectivity index (χ1) is 11.6. The Bertz CT molecular complexity index is 596. The monoisotopic (exact) mass is 339 g/mol. The number of aliphatic hydroxyl groups is 1. The number of ether oxygens (including phenoxy) is 1. The number of rotatable bonds is 4. The second-order valence-electron chi connectivity index (χ2n) is 6.63. The number of benzene rings is 1. The van der Waals surface area contributed by atoms with Crippen molar-refractivity contribution in [2.75, 3.05) is 19.8 Å². The Hall–Kier alpha value is -1.53. The summed E-state index contributed by atoms with van der Waals surface area (Å²) in [4.78, 5) is 14.4. The number of carbonyl (C=O) groups is 1. The Morgan fingerprint density at radius 1 is 1.33 bits per heavy atom. The Morgan fingerprint density at radius 2 is 2.17 bits per heavy atom. The van der Waals surface area contributed by atoms with Crippen LogP contribution in [0.4, 0.5) is 8.78 Å². The highest BCUT2D eigenvalue weighted by Crippen LogP contribution is 2.30. The summed E-state index contributed by atoms with van der Waals surface area (Å²) in [5.41, 5.74) is 0.222. The molecule has 0 radical (unpaired) electrons. The van der Waals surface area contributed by atoms with Crippen LogP contribution in [0, 0.1) is 17.6 Å². The molecular weight excluding hydrogens is 316 g/mol. The van der Waals surface area contributed by atoms with Gasteiger partial charge in [0.15, 0.2) is 0 Å². The lowest BCUT2D eigenvalue weighted by Crippen LogP contribution is -2.48. The van der Waals surface area contributed by atoms with E-state index < -0.39 is 17.7 Å². The van der Waals surface area contributed by atoms with E-state index in [1.807, 2.05) is 0 Å². The second-order valence-corrected chi connectivity index (χ2v) is 6.63. The van der Waals surface area contributed by atoms with Crippen LogP contribution in [0.1, 0.15) is 31.2 Å². The van der Waals surface area contributed by atoms with Crippen LogP contribution in [0.5, 0.6) is 0 Å². The van der Waals surface area contributed by atoms with Gasteiger partial charge in [0, 0.05) is 31.5 Å². The molecule has 0 aliphatic carbocycles. The maximum Gasteiger partial charge on any atom is 0.223 e. The third kappa shape index (κ3) is 3.75. The van der Waals surface area contributed by atoms with Crippen LogP contribution in [-0.4, -0.2) is 47.8 Å². The molecule has 1 N–H and O–H groups in total. The van der Waals surface area contributed by atoms with Crippen molar-refractivity contribution in [2.24, 2.45) is 5.92 Å². The molecule has 2 fully saturated rings. The van der Waals surface area contributed by atoms with Gasteiger partial charge in [-0.25, -0.2) is 8.78 Å². The van der Waals surface area contributed by atoms with Crippen LogP contribution < -0.4 is 0 Å². The highest BCUT2D eigenvalue weighted by molar-refractivity contribution is 5.77. The average molecular weight is 339 g/mol. The molecule has 3 rings (SSSR count). The van der Waals surface area contributed by atoms with Gasteiger partial charge in [-0.15, -0.1) is 0 Å². The van der Waals surface area contributed by atoms with Crippen molar-refractivity contribution < 1.29 is 23.4 Å². The van der Waals surface area contributed by atoms with Crippen LogP contribution in [0.2, 0.25) is 0 Å². The Morgan fingerprint density at radius 3 is 2.96 bits per heavy atom. The largest absolute Gasteiger partial charge is 0.393 e. The van der Waals surface area contributed by atoms with Crippen molar-refractivity contribution in [1.29, 1.82) is 0 Å². The van der Waals surface area contributed by atoms with Crippen molar-refractivity contribution in [3.63, 3.8) is 0 Å². The van der Waals surface area contributed by atoms with E-state index in [1.54, 1.807) is 4.90 Å². The minimum absolute atomic E-state index is 0.0230. The van der Waals surface area contributed by atoms with Gasteiger partial charge in [0.2, 0.25) is 5.91 Å². The first-order valence-corrected chi connectivity index (χ1v) is 8.55. The summed E-state index contributed by atoms with van der Waals surface area (Å²) in [7, 11) is 0. The van der Waals surface area contributed by atoms with E-state index in [-0.39, 0.29) is 36.3 Å². The minimum Gasteiger partial charge on any atom is -0.393 e. The summed E-state index contributed by atoms with van der Waals surface area (Å²) in [5.74, 6) is -1.12. The molecule has 24 heavy (non-hydrogen) atoms. The SMILES string of the molecule is O=C(CCc1cc(F)ccc1F)N1CCC[C@@H]1[C@@H]1COCC[C@H]1O. The molecule has 6 heteroatoms. The van der Waals surface area contributed by atoms with E-state index in [2.05, 4.69) is 0 Å². The third-order valence-electron chi connectivity index (χ3n) is 5.09. The van der Waals surface area contributed by atoms with Crippen LogP contribution in [0.3, 0.4) is 0 Å². The zero-order chi connectivity index (χ0) is 17.1. The summed E-state index contributed by atoms with van der Waals surface area (Å²) in [6.45, 7) is 1.67. The average Bonchev–Trinajstić information content (AvgIpc) is 3.05. The van der Waals surface area contributed by atoms with Crippen molar-refractivity contribution in [3.8, 4) is 0 Å². The van der Waals surface area contributed by atoms with Crippen molar-refractivity contribution in [3.05, 3.63) is 35.4 Å². The van der Waals surface area contributed by atoms with Crippen LogP contribution in [0.15, 0.2) is 18.2 Å². The summed E-state index contributed by atoms with van der Waals surface area (Å²) in [5, 5.41) is 10.2. The summed E-state index contributed by atoms with van der Waals surface area (Å²) in [6, 6.07) is 3.28. The van der Waals surface area contributed by atoms with E-state index in [0.717, 1.165) is 31.0 Å². The van der Waals surface area contributed by atoms with Gasteiger partial charge in [-0.05, 0) is 49.4 Å². The number of likely N-dealkylation sites (tertiary alicyclic amines) is 1. The number of carbonyl (C=O) groups excluding carboxylic acids is 1. The standard InChI is InChI=1S/C18H23F2NO3/c19-13-4-5-15(20)12(10-13)3-6-18(23)21-8-1-2-16(21)14-11-24-9-7-17(14)22/h4-5,10,14,16-17,22H,1-3,6-9,11H2/t14-,16+,17+/m0/s1. The molecule has 2 aliphatic heterocycles. The van der Waals surface area contributed by atoms with Crippen molar-refractivity contribution in [2.45, 2.75) is 44.2 Å². The number of aryl methyl sites for hydroxylation is 1. The number of aliphatic hydroxyl groups excluding tert-OH is 1. The fourth-order valence-electron chi connectivity index (χ4n) is 3.78. The molecule has 0 saturated carbocycles. The quantitative estimate of drug-likeness (QED) is 0.916. The maximum atomic E-state index is 13.7. The Balaban J connectivity index is 1.62. The van der Waals surface area contributed by atoms with Crippen LogP contribution in [0.25, 0.3) is 0 Å². The lowest BCUT2D eigenvalue weighted by molar-refractivity contribution is -0.136. The second kappa shape index (κ2) is 7.57. The highest BCUT2D eigenvalue weighted by atomic mass is 19.1. The summed E-state index contributed by atoms with van der Waals surface area (Å²) < 4.78 is 32.4. The highest BCUT2D eigenvalue weighted by Gasteiger charge is 2.39. The molecule has 0 aromatic heterocycles. The molecule has 1 amide bonds. The molecule has 3 atom stereocenters. The fourth-order valence-corrected chi connectivity index (χ4v) is 3.78. The molecule has 132 valence electrons. The first-order valence-electron chi connectivity index (χ1n) is 8.55.